The Balaban J connectivity index is 1.87. The highest BCUT2D eigenvalue weighted by Crippen LogP contribution is 2.42. The van der Waals surface area contributed by atoms with Gasteiger partial charge in [-0.3, -0.25) is 15.1 Å². The van der Waals surface area contributed by atoms with Crippen molar-refractivity contribution in [2.24, 2.45) is 0 Å². The lowest BCUT2D eigenvalue weighted by atomic mass is 9.77. The number of hydrogen-bond donors (Lipinski definition) is 2. The van der Waals surface area contributed by atoms with Crippen molar-refractivity contribution in [1.29, 1.82) is 0 Å². The third-order valence-corrected chi connectivity index (χ3v) is 13.2. The molecule has 308 valence electrons. The Morgan fingerprint density at radius 3 is 1.26 bits per heavy atom. The van der Waals surface area contributed by atoms with E-state index in [-0.39, 0.29) is 22.2 Å². The van der Waals surface area contributed by atoms with Crippen LogP contribution in [0.25, 0.3) is 0 Å². The van der Waals surface area contributed by atoms with E-state index in [9.17, 15) is 0 Å². The van der Waals surface area contributed by atoms with E-state index in [1.165, 1.54) is 64.2 Å². The Morgan fingerprint density at radius 2 is 0.887 bits per heavy atom. The van der Waals surface area contributed by atoms with Crippen molar-refractivity contribution in [3.63, 3.8) is 0 Å². The molecule has 2 N–H and O–H groups in total. The number of aromatic nitrogens is 3. The Bertz CT molecular complexity index is 1070. The number of piperidine rings is 2. The van der Waals surface area contributed by atoms with Crippen molar-refractivity contribution in [1.82, 2.24) is 30.1 Å². The topological polar surface area (TPSA) is 75.7 Å². The van der Waals surface area contributed by atoms with E-state index in [0.29, 0.717) is 24.7 Å². The van der Waals surface area contributed by atoms with Crippen molar-refractivity contribution in [2.75, 3.05) is 55.5 Å². The second-order valence-electron chi connectivity index (χ2n) is 19.4. The SMILES string of the molecule is CCCCCCCCCCCCNCNc1nc(N(CCCC)C2CC(C)(C)N(C)C(C)(C)C2)nc(N(CCCC)C2CC(C)(C)N(C)C(C)(C)C2)n1. The first-order valence-corrected chi connectivity index (χ1v) is 22.2. The minimum absolute atomic E-state index is 0.0742. The van der Waals surface area contributed by atoms with Gasteiger partial charge in [0.1, 0.15) is 0 Å². The molecule has 0 spiro atoms. The maximum absolute atomic E-state index is 5.48. The van der Waals surface area contributed by atoms with Gasteiger partial charge in [0.05, 0.1) is 6.67 Å². The fourth-order valence-corrected chi connectivity index (χ4v) is 9.28. The molecule has 1 aromatic heterocycles. The summed E-state index contributed by atoms with van der Waals surface area (Å²) in [5.74, 6) is 2.38. The van der Waals surface area contributed by atoms with Crippen LogP contribution in [0.4, 0.5) is 17.8 Å². The van der Waals surface area contributed by atoms with Crippen LogP contribution in [0.3, 0.4) is 0 Å². The molecule has 0 radical (unpaired) electrons. The second-order valence-corrected chi connectivity index (χ2v) is 19.4. The molecule has 1 aromatic rings. The highest BCUT2D eigenvalue weighted by atomic mass is 15.4. The van der Waals surface area contributed by atoms with Crippen LogP contribution in [0.2, 0.25) is 0 Å². The van der Waals surface area contributed by atoms with Crippen molar-refractivity contribution < 1.29 is 0 Å². The standard InChI is InChI=1S/C44H87N9/c1-14-17-20-21-22-23-24-25-26-27-28-45-35-46-38-47-39(52(29-18-15-2)36-31-41(4,5)50(12)42(6,7)32-36)49-40(48-38)53(30-19-16-3)37-33-43(8,9)51(13)44(10,11)34-37/h36-37,45H,14-35H2,1-13H3,(H,46,47,48,49). The van der Waals surface area contributed by atoms with Gasteiger partial charge in [-0.2, -0.15) is 15.0 Å². The number of unbranched alkanes of at least 4 members (excludes halogenated alkanes) is 11. The van der Waals surface area contributed by atoms with E-state index in [0.717, 1.165) is 82.9 Å². The van der Waals surface area contributed by atoms with Crippen molar-refractivity contribution in [3.05, 3.63) is 0 Å². The number of hydrogen-bond acceptors (Lipinski definition) is 9. The summed E-state index contributed by atoms with van der Waals surface area (Å²) in [5, 5.41) is 7.28. The molecule has 2 saturated heterocycles. The highest BCUT2D eigenvalue weighted by molar-refractivity contribution is 5.47. The van der Waals surface area contributed by atoms with Gasteiger partial charge in [-0.1, -0.05) is 91.4 Å². The van der Waals surface area contributed by atoms with Gasteiger partial charge in [0.2, 0.25) is 17.8 Å². The van der Waals surface area contributed by atoms with E-state index in [2.05, 4.69) is 120 Å². The predicted molar refractivity (Wildman–Crippen MR) is 231 cm³/mol. The lowest BCUT2D eigenvalue weighted by molar-refractivity contribution is -0.0130. The van der Waals surface area contributed by atoms with E-state index in [4.69, 9.17) is 15.0 Å². The number of nitrogens with zero attached hydrogens (tertiary/aromatic N) is 7. The van der Waals surface area contributed by atoms with Crippen LogP contribution in [0.5, 0.6) is 0 Å². The van der Waals surface area contributed by atoms with E-state index < -0.39 is 0 Å². The minimum Gasteiger partial charge on any atom is -0.341 e. The van der Waals surface area contributed by atoms with Gasteiger partial charge in [0.15, 0.2) is 0 Å². The van der Waals surface area contributed by atoms with Crippen LogP contribution in [0.15, 0.2) is 0 Å². The summed E-state index contributed by atoms with van der Waals surface area (Å²) in [6.07, 6.45) is 22.4. The first-order chi connectivity index (χ1) is 25.0. The van der Waals surface area contributed by atoms with Crippen LogP contribution in [0, 0.1) is 0 Å². The van der Waals surface area contributed by atoms with Gasteiger partial charge >= 0.3 is 0 Å². The normalized spacial score (nSPS) is 20.5. The zero-order chi connectivity index (χ0) is 39.3. The molecule has 53 heavy (non-hydrogen) atoms. The maximum Gasteiger partial charge on any atom is 0.232 e. The first kappa shape index (κ1) is 45.7. The number of rotatable bonds is 24. The Labute approximate surface area is 328 Å². The quantitative estimate of drug-likeness (QED) is 0.0795. The average molecular weight is 742 g/mol. The maximum atomic E-state index is 5.48. The van der Waals surface area contributed by atoms with E-state index >= 15 is 0 Å². The molecule has 3 rings (SSSR count). The van der Waals surface area contributed by atoms with Gasteiger partial charge in [-0.05, 0) is 121 Å². The van der Waals surface area contributed by atoms with Crippen LogP contribution in [-0.2, 0) is 0 Å². The van der Waals surface area contributed by atoms with E-state index in [1.54, 1.807) is 0 Å². The van der Waals surface area contributed by atoms with Crippen molar-refractivity contribution >= 4 is 17.8 Å². The summed E-state index contributed by atoms with van der Waals surface area (Å²) in [7, 11) is 4.60. The highest BCUT2D eigenvalue weighted by Gasteiger charge is 2.47. The fourth-order valence-electron chi connectivity index (χ4n) is 9.28. The zero-order valence-corrected chi connectivity index (χ0v) is 37.3. The lowest BCUT2D eigenvalue weighted by Gasteiger charge is -2.56. The second kappa shape index (κ2) is 21.0. The predicted octanol–water partition coefficient (Wildman–Crippen LogP) is 10.3. The third-order valence-electron chi connectivity index (χ3n) is 13.2. The van der Waals surface area contributed by atoms with Crippen LogP contribution >= 0.6 is 0 Å². The Hall–Kier alpha value is -1.71. The molecule has 0 aromatic carbocycles. The molecule has 0 amide bonds. The van der Waals surface area contributed by atoms with Crippen molar-refractivity contribution in [3.8, 4) is 0 Å². The van der Waals surface area contributed by atoms with Crippen LogP contribution in [0.1, 0.15) is 192 Å². The van der Waals surface area contributed by atoms with E-state index in [1.807, 2.05) is 0 Å². The smallest absolute Gasteiger partial charge is 0.232 e. The molecular formula is C44H87N9. The van der Waals surface area contributed by atoms with Crippen molar-refractivity contribution in [2.45, 2.75) is 226 Å². The van der Waals surface area contributed by atoms with Gasteiger partial charge in [-0.25, -0.2) is 0 Å². The lowest BCUT2D eigenvalue weighted by Crippen LogP contribution is -2.63. The summed E-state index contributed by atoms with van der Waals surface area (Å²) < 4.78 is 0. The molecule has 2 fully saturated rings. The van der Waals surface area contributed by atoms with Gasteiger partial charge in [-0.15, -0.1) is 0 Å². The fraction of sp³-hybridized carbons (Fsp3) is 0.932. The number of anilines is 3. The summed E-state index contributed by atoms with van der Waals surface area (Å²) in [6.45, 7) is 29.7. The first-order valence-electron chi connectivity index (χ1n) is 22.2. The van der Waals surface area contributed by atoms with Crippen LogP contribution in [-0.4, -0.2) is 99.4 Å². The van der Waals surface area contributed by atoms with Gasteiger partial charge in [0, 0.05) is 47.3 Å². The number of likely N-dealkylation sites (tertiary alicyclic amines) is 2. The van der Waals surface area contributed by atoms with Gasteiger partial charge in [0.25, 0.3) is 0 Å². The molecular weight excluding hydrogens is 655 g/mol. The van der Waals surface area contributed by atoms with Gasteiger partial charge < -0.3 is 15.1 Å². The number of nitrogens with one attached hydrogen (secondary N) is 2. The largest absolute Gasteiger partial charge is 0.341 e. The zero-order valence-electron chi connectivity index (χ0n) is 37.3. The molecule has 9 nitrogen and oxygen atoms in total. The molecule has 2 aliphatic heterocycles. The summed E-state index contributed by atoms with van der Waals surface area (Å²) in [4.78, 5) is 26.3. The van der Waals surface area contributed by atoms with Crippen LogP contribution < -0.4 is 20.4 Å². The minimum atomic E-state index is 0.0742. The molecule has 0 atom stereocenters. The molecule has 0 bridgehead atoms. The Kier molecular flexibility index (Phi) is 18.1. The molecule has 0 unspecified atom stereocenters. The third kappa shape index (κ3) is 13.5. The summed E-state index contributed by atoms with van der Waals surface area (Å²) in [6, 6.07) is 0.705. The monoisotopic (exact) mass is 742 g/mol. The molecule has 0 saturated carbocycles. The molecule has 9 heteroatoms. The Morgan fingerprint density at radius 1 is 0.528 bits per heavy atom. The summed E-state index contributed by atoms with van der Waals surface area (Å²) >= 11 is 0. The average Bonchev–Trinajstić information content (AvgIpc) is 3.08. The molecule has 2 aliphatic rings. The summed E-state index contributed by atoms with van der Waals surface area (Å²) in [5.41, 5.74) is 0.297. The molecule has 3 heterocycles. The molecule has 0 aliphatic carbocycles.